The van der Waals surface area contributed by atoms with Crippen molar-refractivity contribution in [1.29, 1.82) is 0 Å². The Balaban J connectivity index is 2.07. The zero-order chi connectivity index (χ0) is 15.6. The maximum absolute atomic E-state index is 13.5. The maximum Gasteiger partial charge on any atom is 0.311 e. The molecule has 0 bridgehead atoms. The lowest BCUT2D eigenvalue weighted by Crippen LogP contribution is -2.37. The fourth-order valence-corrected chi connectivity index (χ4v) is 2.64. The molecule has 1 aliphatic rings. The Morgan fingerprint density at radius 3 is 2.62 bits per heavy atom. The van der Waals surface area contributed by atoms with Gasteiger partial charge in [0.2, 0.25) is 5.91 Å². The van der Waals surface area contributed by atoms with Gasteiger partial charge in [-0.15, -0.1) is 0 Å². The van der Waals surface area contributed by atoms with Crippen molar-refractivity contribution in [2.75, 3.05) is 13.1 Å². The molecule has 1 atom stereocenters. The number of aliphatic carboxylic acids is 1. The van der Waals surface area contributed by atoms with E-state index in [1.165, 1.54) is 11.0 Å². The minimum absolute atomic E-state index is 0.116. The normalized spacial score (nSPS) is 21.6. The standard InChI is InChI=1S/C15H17F2NO3/c1-2-15(14(20)21)5-6-18(9-15)13(19)7-10-3-4-11(16)8-12(10)17/h3-4,8H,2,5-7,9H2,1H3,(H,20,21). The van der Waals surface area contributed by atoms with Gasteiger partial charge in [0.1, 0.15) is 11.6 Å². The van der Waals surface area contributed by atoms with Crippen molar-refractivity contribution in [1.82, 2.24) is 4.90 Å². The van der Waals surface area contributed by atoms with Crippen LogP contribution in [0.4, 0.5) is 8.78 Å². The Morgan fingerprint density at radius 1 is 1.38 bits per heavy atom. The highest BCUT2D eigenvalue weighted by atomic mass is 19.1. The topological polar surface area (TPSA) is 57.6 Å². The lowest BCUT2D eigenvalue weighted by atomic mass is 9.84. The number of carboxylic acids is 1. The van der Waals surface area contributed by atoms with Crippen molar-refractivity contribution in [2.45, 2.75) is 26.2 Å². The van der Waals surface area contributed by atoms with Gasteiger partial charge in [-0.2, -0.15) is 0 Å². The van der Waals surface area contributed by atoms with Crippen LogP contribution in [0, 0.1) is 17.0 Å². The predicted octanol–water partition coefficient (Wildman–Crippen LogP) is 2.22. The average Bonchev–Trinajstić information content (AvgIpc) is 2.88. The highest BCUT2D eigenvalue weighted by molar-refractivity contribution is 5.82. The summed E-state index contributed by atoms with van der Waals surface area (Å²) in [5.41, 5.74) is -0.789. The van der Waals surface area contributed by atoms with Crippen LogP contribution in [0.25, 0.3) is 0 Å². The summed E-state index contributed by atoms with van der Waals surface area (Å²) in [6, 6.07) is 3.08. The SMILES string of the molecule is CCC1(C(=O)O)CCN(C(=O)Cc2ccc(F)cc2F)C1. The number of likely N-dealkylation sites (tertiary alicyclic amines) is 1. The molecule has 1 N–H and O–H groups in total. The van der Waals surface area contributed by atoms with Crippen molar-refractivity contribution in [2.24, 2.45) is 5.41 Å². The van der Waals surface area contributed by atoms with Crippen LogP contribution in [0.5, 0.6) is 0 Å². The Labute approximate surface area is 121 Å². The number of hydrogen-bond donors (Lipinski definition) is 1. The molecule has 2 rings (SSSR count). The van der Waals surface area contributed by atoms with E-state index in [2.05, 4.69) is 0 Å². The van der Waals surface area contributed by atoms with E-state index >= 15 is 0 Å². The second-order valence-electron chi connectivity index (χ2n) is 5.42. The summed E-state index contributed by atoms with van der Waals surface area (Å²) in [7, 11) is 0. The maximum atomic E-state index is 13.5. The fraction of sp³-hybridized carbons (Fsp3) is 0.467. The molecule has 0 saturated carbocycles. The van der Waals surface area contributed by atoms with E-state index < -0.39 is 23.0 Å². The van der Waals surface area contributed by atoms with Crippen LogP contribution >= 0.6 is 0 Å². The molecule has 0 radical (unpaired) electrons. The minimum Gasteiger partial charge on any atom is -0.481 e. The number of carboxylic acid groups (broad SMARTS) is 1. The van der Waals surface area contributed by atoms with Gasteiger partial charge < -0.3 is 10.0 Å². The Kier molecular flexibility index (Phi) is 4.25. The summed E-state index contributed by atoms with van der Waals surface area (Å²) in [5, 5.41) is 9.29. The van der Waals surface area contributed by atoms with Crippen molar-refractivity contribution in [3.8, 4) is 0 Å². The number of halogens is 2. The smallest absolute Gasteiger partial charge is 0.311 e. The largest absolute Gasteiger partial charge is 0.481 e. The first kappa shape index (κ1) is 15.4. The molecular weight excluding hydrogens is 280 g/mol. The molecule has 1 aromatic rings. The van der Waals surface area contributed by atoms with Crippen LogP contribution in [0.3, 0.4) is 0 Å². The Hall–Kier alpha value is -1.98. The Morgan fingerprint density at radius 2 is 2.10 bits per heavy atom. The van der Waals surface area contributed by atoms with Gasteiger partial charge in [0.25, 0.3) is 0 Å². The van der Waals surface area contributed by atoms with Gasteiger partial charge in [0, 0.05) is 19.2 Å². The molecule has 114 valence electrons. The third-order valence-electron chi connectivity index (χ3n) is 4.19. The van der Waals surface area contributed by atoms with Crippen LogP contribution in [-0.2, 0) is 16.0 Å². The van der Waals surface area contributed by atoms with E-state index in [1.54, 1.807) is 6.92 Å². The van der Waals surface area contributed by atoms with E-state index in [0.717, 1.165) is 12.1 Å². The summed E-state index contributed by atoms with van der Waals surface area (Å²) < 4.78 is 26.4. The van der Waals surface area contributed by atoms with Crippen LogP contribution < -0.4 is 0 Å². The molecule has 1 aromatic carbocycles. The van der Waals surface area contributed by atoms with E-state index in [1.807, 2.05) is 0 Å². The molecule has 4 nitrogen and oxygen atoms in total. The summed E-state index contributed by atoms with van der Waals surface area (Å²) in [6.07, 6.45) is 0.652. The highest BCUT2D eigenvalue weighted by Gasteiger charge is 2.44. The molecular formula is C15H17F2NO3. The fourth-order valence-electron chi connectivity index (χ4n) is 2.64. The molecule has 1 unspecified atom stereocenters. The average molecular weight is 297 g/mol. The summed E-state index contributed by atoms with van der Waals surface area (Å²) in [6.45, 7) is 2.27. The molecule has 0 aromatic heterocycles. The van der Waals surface area contributed by atoms with Crippen molar-refractivity contribution in [3.05, 3.63) is 35.4 Å². The van der Waals surface area contributed by atoms with Gasteiger partial charge in [-0.25, -0.2) is 8.78 Å². The quantitative estimate of drug-likeness (QED) is 0.927. The number of nitrogens with zero attached hydrogens (tertiary/aromatic N) is 1. The van der Waals surface area contributed by atoms with Gasteiger partial charge in [-0.1, -0.05) is 13.0 Å². The number of benzene rings is 1. The summed E-state index contributed by atoms with van der Waals surface area (Å²) in [5.74, 6) is -2.70. The van der Waals surface area contributed by atoms with Crippen molar-refractivity contribution in [3.63, 3.8) is 0 Å². The number of hydrogen-bond acceptors (Lipinski definition) is 2. The minimum atomic E-state index is -0.909. The van der Waals surface area contributed by atoms with Crippen LogP contribution in [0.2, 0.25) is 0 Å². The molecule has 21 heavy (non-hydrogen) atoms. The van der Waals surface area contributed by atoms with Crippen LogP contribution in [-0.4, -0.2) is 35.0 Å². The van der Waals surface area contributed by atoms with Gasteiger partial charge in [-0.3, -0.25) is 9.59 Å². The van der Waals surface area contributed by atoms with E-state index in [0.29, 0.717) is 19.4 Å². The molecule has 1 aliphatic heterocycles. The van der Waals surface area contributed by atoms with E-state index in [-0.39, 0.29) is 24.4 Å². The monoisotopic (exact) mass is 297 g/mol. The Bertz CT molecular complexity index is 576. The molecule has 1 fully saturated rings. The first-order chi connectivity index (χ1) is 9.88. The molecule has 1 heterocycles. The van der Waals surface area contributed by atoms with Gasteiger partial charge in [-0.05, 0) is 24.5 Å². The lowest BCUT2D eigenvalue weighted by molar-refractivity contribution is -0.148. The van der Waals surface area contributed by atoms with Crippen LogP contribution in [0.1, 0.15) is 25.3 Å². The van der Waals surface area contributed by atoms with E-state index in [9.17, 15) is 23.5 Å². The van der Waals surface area contributed by atoms with Crippen molar-refractivity contribution < 1.29 is 23.5 Å². The van der Waals surface area contributed by atoms with Gasteiger partial charge >= 0.3 is 5.97 Å². The lowest BCUT2D eigenvalue weighted by Gasteiger charge is -2.23. The summed E-state index contributed by atoms with van der Waals surface area (Å²) in [4.78, 5) is 24.9. The zero-order valence-corrected chi connectivity index (χ0v) is 11.7. The molecule has 1 saturated heterocycles. The van der Waals surface area contributed by atoms with Gasteiger partial charge in [0.15, 0.2) is 0 Å². The molecule has 1 amide bonds. The van der Waals surface area contributed by atoms with Crippen molar-refractivity contribution >= 4 is 11.9 Å². The van der Waals surface area contributed by atoms with Gasteiger partial charge in [0.05, 0.1) is 11.8 Å². The summed E-state index contributed by atoms with van der Waals surface area (Å²) >= 11 is 0. The third kappa shape index (κ3) is 3.04. The van der Waals surface area contributed by atoms with E-state index in [4.69, 9.17) is 0 Å². The third-order valence-corrected chi connectivity index (χ3v) is 4.19. The molecule has 6 heteroatoms. The predicted molar refractivity (Wildman–Crippen MR) is 71.6 cm³/mol. The molecule has 0 spiro atoms. The second kappa shape index (κ2) is 5.79. The number of rotatable bonds is 4. The second-order valence-corrected chi connectivity index (χ2v) is 5.42. The zero-order valence-electron chi connectivity index (χ0n) is 11.7. The molecule has 0 aliphatic carbocycles. The number of carbonyl (C=O) groups excluding carboxylic acids is 1. The first-order valence-corrected chi connectivity index (χ1v) is 6.83. The highest BCUT2D eigenvalue weighted by Crippen LogP contribution is 2.34. The number of carbonyl (C=O) groups is 2. The first-order valence-electron chi connectivity index (χ1n) is 6.83. The van der Waals surface area contributed by atoms with Crippen LogP contribution in [0.15, 0.2) is 18.2 Å². The number of amides is 1.